The third-order valence-electron chi connectivity index (χ3n) is 5.57. The average Bonchev–Trinajstić information content (AvgIpc) is 2.68. The number of benzene rings is 2. The van der Waals surface area contributed by atoms with Crippen LogP contribution >= 0.6 is 15.9 Å². The van der Waals surface area contributed by atoms with Crippen LogP contribution in [0.2, 0.25) is 0 Å². The number of hydrogen-bond donors (Lipinski definition) is 2. The zero-order valence-electron chi connectivity index (χ0n) is 17.3. The van der Waals surface area contributed by atoms with E-state index in [-0.39, 0.29) is 11.6 Å². The molecule has 160 valence electrons. The van der Waals surface area contributed by atoms with Crippen LogP contribution in [0.15, 0.2) is 39.8 Å². The molecule has 2 aliphatic rings. The van der Waals surface area contributed by atoms with Crippen molar-refractivity contribution >= 4 is 44.7 Å². The van der Waals surface area contributed by atoms with Gasteiger partial charge in [0.1, 0.15) is 11.3 Å². The Morgan fingerprint density at radius 1 is 1.37 bits per heavy atom. The Bertz CT molecular complexity index is 1020. The summed E-state index contributed by atoms with van der Waals surface area (Å²) in [5.74, 6) is 0. The van der Waals surface area contributed by atoms with E-state index < -0.39 is 23.5 Å². The summed E-state index contributed by atoms with van der Waals surface area (Å²) in [6.45, 7) is 5.90. The lowest BCUT2D eigenvalue weighted by Gasteiger charge is -2.46. The number of halogens is 1. The van der Waals surface area contributed by atoms with E-state index in [1.807, 2.05) is 24.3 Å². The van der Waals surface area contributed by atoms with Crippen molar-refractivity contribution in [2.24, 2.45) is 4.99 Å². The first-order valence-electron chi connectivity index (χ1n) is 10.1. The van der Waals surface area contributed by atoms with Gasteiger partial charge in [0.05, 0.1) is 12.1 Å². The number of nitrogens with zero attached hydrogens (tertiary/aromatic N) is 2. The Labute approximate surface area is 184 Å². The van der Waals surface area contributed by atoms with E-state index in [0.717, 1.165) is 20.8 Å². The van der Waals surface area contributed by atoms with E-state index in [4.69, 9.17) is 4.74 Å². The van der Waals surface area contributed by atoms with Crippen LogP contribution in [0.25, 0.3) is 10.8 Å². The van der Waals surface area contributed by atoms with Crippen LogP contribution in [-0.4, -0.2) is 52.8 Å². The van der Waals surface area contributed by atoms with Gasteiger partial charge in [0.15, 0.2) is 5.60 Å². The van der Waals surface area contributed by atoms with Crippen molar-refractivity contribution in [3.8, 4) is 0 Å². The predicted octanol–water partition coefficient (Wildman–Crippen LogP) is 3.14. The van der Waals surface area contributed by atoms with E-state index in [2.05, 4.69) is 20.9 Å². The normalized spacial score (nSPS) is 26.5. The van der Waals surface area contributed by atoms with Crippen molar-refractivity contribution in [3.63, 3.8) is 0 Å². The van der Waals surface area contributed by atoms with Crippen molar-refractivity contribution in [2.75, 3.05) is 13.1 Å². The molecule has 1 saturated heterocycles. The Balaban J connectivity index is 1.64. The second-order valence-electron chi connectivity index (χ2n) is 9.02. The van der Waals surface area contributed by atoms with Crippen LogP contribution < -0.4 is 5.06 Å². The van der Waals surface area contributed by atoms with Gasteiger partial charge in [-0.1, -0.05) is 24.3 Å². The molecule has 1 unspecified atom stereocenters. The van der Waals surface area contributed by atoms with Gasteiger partial charge in [-0.2, -0.15) is 0 Å². The Morgan fingerprint density at radius 3 is 2.77 bits per heavy atom. The van der Waals surface area contributed by atoms with Crippen LogP contribution in [0.4, 0.5) is 10.5 Å². The molecule has 8 heteroatoms. The minimum Gasteiger partial charge on any atom is -0.627 e. The number of β-amino-alcohol motifs (C(OH)–C–C–N with tert-alkyl or cyclic N) is 1. The Hall–Kier alpha value is -2.00. The van der Waals surface area contributed by atoms with Crippen LogP contribution in [0.3, 0.4) is 0 Å². The van der Waals surface area contributed by atoms with Gasteiger partial charge in [0.25, 0.3) is 0 Å². The highest BCUT2D eigenvalue weighted by Gasteiger charge is 2.48. The summed E-state index contributed by atoms with van der Waals surface area (Å²) in [4.78, 5) is 18.5. The van der Waals surface area contributed by atoms with Crippen LogP contribution in [0.5, 0.6) is 0 Å². The minimum atomic E-state index is -1.43. The molecule has 1 amide bonds. The number of amides is 1. The molecule has 3 atom stereocenters. The highest BCUT2D eigenvalue weighted by atomic mass is 79.9. The monoisotopic (exact) mass is 475 g/mol. The summed E-state index contributed by atoms with van der Waals surface area (Å²) in [6, 6.07) is 9.61. The number of quaternary nitrogens is 1. The van der Waals surface area contributed by atoms with Gasteiger partial charge in [0, 0.05) is 23.3 Å². The second kappa shape index (κ2) is 7.60. The van der Waals surface area contributed by atoms with Crippen molar-refractivity contribution in [2.45, 2.75) is 51.0 Å². The number of hydrogen-bond acceptors (Lipinski definition) is 5. The van der Waals surface area contributed by atoms with E-state index in [9.17, 15) is 15.1 Å². The van der Waals surface area contributed by atoms with E-state index in [1.54, 1.807) is 33.1 Å². The quantitative estimate of drug-likeness (QED) is 0.619. The molecule has 7 nitrogen and oxygen atoms in total. The molecule has 2 heterocycles. The summed E-state index contributed by atoms with van der Waals surface area (Å²) in [5.41, 5.74) is -0.766. The van der Waals surface area contributed by atoms with E-state index in [0.29, 0.717) is 25.1 Å². The molecule has 30 heavy (non-hydrogen) atoms. The smallest absolute Gasteiger partial charge is 0.410 e. The van der Waals surface area contributed by atoms with E-state index >= 15 is 0 Å². The molecule has 2 aliphatic heterocycles. The number of carbonyl (C=O) groups excluding carboxylic acids is 1. The van der Waals surface area contributed by atoms with Crippen molar-refractivity contribution in [1.29, 1.82) is 0 Å². The standard InChI is InChI=1S/C22H26BrN3O4/c1-21(2,3)30-20(27)25-10-6-9-22(28,13-25)19-24-12-16-14-7-4-5-8-15(14)17(23)11-18(16)26(19)29/h4-5,7-8,11-12,19,26,28H,6,9-10,13H2,1-3H3/t19?,22-/m1/s1. The van der Waals surface area contributed by atoms with E-state index in [1.165, 1.54) is 4.90 Å². The SMILES string of the molecule is CC(C)(C)OC(=O)N1CCC[C@](O)(C2N=Cc3c(cc(Br)c4ccccc34)[N@H+]2[O-])C1. The number of aliphatic imine (C=N–C) groups is 1. The summed E-state index contributed by atoms with van der Waals surface area (Å²) in [6.07, 6.45) is 1.21. The Kier molecular flexibility index (Phi) is 5.38. The van der Waals surface area contributed by atoms with Gasteiger partial charge in [-0.15, -0.1) is 0 Å². The number of fused-ring (bicyclic) bond motifs is 3. The maximum atomic E-state index is 13.4. The van der Waals surface area contributed by atoms with Gasteiger partial charge in [-0.3, -0.25) is 0 Å². The molecule has 2 N–H and O–H groups in total. The number of carbonyl (C=O) groups is 1. The highest BCUT2D eigenvalue weighted by molar-refractivity contribution is 9.10. The van der Waals surface area contributed by atoms with Crippen LogP contribution in [0, 0.1) is 5.21 Å². The molecule has 0 aliphatic carbocycles. The third-order valence-corrected chi connectivity index (χ3v) is 6.22. The topological polar surface area (TPSA) is 89.6 Å². The molecule has 0 aromatic heterocycles. The minimum absolute atomic E-state index is 0.0136. The van der Waals surface area contributed by atoms with Gasteiger partial charge >= 0.3 is 6.09 Å². The largest absolute Gasteiger partial charge is 0.627 e. The summed E-state index contributed by atoms with van der Waals surface area (Å²) < 4.78 is 6.28. The Morgan fingerprint density at radius 2 is 2.07 bits per heavy atom. The first-order valence-corrected chi connectivity index (χ1v) is 10.9. The number of nitrogens with one attached hydrogen (secondary N) is 1. The summed E-state index contributed by atoms with van der Waals surface area (Å²) >= 11 is 3.56. The van der Waals surface area contributed by atoms with Gasteiger partial charge in [-0.25, -0.2) is 9.79 Å². The lowest BCUT2D eigenvalue weighted by Crippen LogP contribution is -3.10. The van der Waals surface area contributed by atoms with Gasteiger partial charge < -0.3 is 25.0 Å². The number of aliphatic hydroxyl groups is 1. The molecular weight excluding hydrogens is 450 g/mol. The number of piperidine rings is 1. The third kappa shape index (κ3) is 3.85. The lowest BCUT2D eigenvalue weighted by atomic mass is 9.88. The number of hydroxylamine groups is 1. The first kappa shape index (κ1) is 21.2. The molecule has 2 aromatic carbocycles. The molecule has 4 rings (SSSR count). The fourth-order valence-electron chi connectivity index (χ4n) is 4.21. The number of ether oxygens (including phenoxy) is 1. The van der Waals surface area contributed by atoms with Crippen molar-refractivity contribution in [3.05, 3.63) is 45.6 Å². The number of rotatable bonds is 1. The zero-order valence-corrected chi connectivity index (χ0v) is 18.9. The predicted molar refractivity (Wildman–Crippen MR) is 119 cm³/mol. The van der Waals surface area contributed by atoms with Crippen LogP contribution in [-0.2, 0) is 4.74 Å². The second-order valence-corrected chi connectivity index (χ2v) is 9.87. The molecule has 0 bridgehead atoms. The molecule has 0 spiro atoms. The molecule has 1 fully saturated rings. The maximum absolute atomic E-state index is 13.4. The fourth-order valence-corrected chi connectivity index (χ4v) is 4.79. The number of likely N-dealkylation sites (tertiary alicyclic amines) is 1. The van der Waals surface area contributed by atoms with Gasteiger partial charge in [0.2, 0.25) is 6.17 Å². The van der Waals surface area contributed by atoms with Crippen molar-refractivity contribution in [1.82, 2.24) is 4.90 Å². The molecule has 2 aromatic rings. The molecule has 0 radical (unpaired) electrons. The maximum Gasteiger partial charge on any atom is 0.410 e. The summed E-state index contributed by atoms with van der Waals surface area (Å²) in [5, 5.41) is 26.5. The van der Waals surface area contributed by atoms with Gasteiger partial charge in [-0.05, 0) is 60.3 Å². The van der Waals surface area contributed by atoms with Crippen LogP contribution in [0.1, 0.15) is 39.2 Å². The molecule has 0 saturated carbocycles. The average molecular weight is 476 g/mol. The summed E-state index contributed by atoms with van der Waals surface area (Å²) in [7, 11) is 0. The lowest BCUT2D eigenvalue weighted by molar-refractivity contribution is -0.817. The molecular formula is C22H26BrN3O4. The highest BCUT2D eigenvalue weighted by Crippen LogP contribution is 2.34. The fraction of sp³-hybridized carbons (Fsp3) is 0.455. The van der Waals surface area contributed by atoms with Crippen molar-refractivity contribution < 1.29 is 19.7 Å². The first-order chi connectivity index (χ1) is 14.1. The zero-order chi connectivity index (χ0) is 21.7.